The molecule has 0 amide bonds. The number of ether oxygens (including phenoxy) is 2. The fraction of sp³-hybridized carbons (Fsp3) is 0.538. The normalized spacial score (nSPS) is 19.5. The second-order valence-electron chi connectivity index (χ2n) is 4.31. The second kappa shape index (κ2) is 6.26. The summed E-state index contributed by atoms with van der Waals surface area (Å²) in [5.74, 6) is 0.764. The van der Waals surface area contributed by atoms with Gasteiger partial charge in [0.05, 0.1) is 18.4 Å². The van der Waals surface area contributed by atoms with Crippen LogP contribution in [0.15, 0.2) is 22.7 Å². The predicted octanol–water partition coefficient (Wildman–Crippen LogP) is 3.37. The van der Waals surface area contributed by atoms with Gasteiger partial charge in [-0.2, -0.15) is 0 Å². The molecule has 4 heteroatoms. The molecule has 0 aromatic heterocycles. The minimum absolute atomic E-state index is 0.445. The zero-order valence-electron chi connectivity index (χ0n) is 9.82. The fourth-order valence-corrected chi connectivity index (χ4v) is 2.39. The molecule has 3 nitrogen and oxygen atoms in total. The Kier molecular flexibility index (Phi) is 4.68. The molecule has 1 aliphatic heterocycles. The van der Waals surface area contributed by atoms with Crippen LogP contribution in [0.4, 0.5) is 5.69 Å². The Labute approximate surface area is 110 Å². The minimum atomic E-state index is 0.445. The standard InChI is InChI=1S/C13H18BrNO2/c14-10-5-6-13(12(15)9-10)17-8-2-4-11-3-1-7-16-11/h5-6,9,11H,1-4,7-8,15H2. The van der Waals surface area contributed by atoms with Crippen LogP contribution in [0.1, 0.15) is 25.7 Å². The van der Waals surface area contributed by atoms with Crippen molar-refractivity contribution >= 4 is 21.6 Å². The smallest absolute Gasteiger partial charge is 0.142 e. The lowest BCUT2D eigenvalue weighted by Crippen LogP contribution is -2.08. The summed E-state index contributed by atoms with van der Waals surface area (Å²) in [6.45, 7) is 1.62. The quantitative estimate of drug-likeness (QED) is 0.670. The van der Waals surface area contributed by atoms with Gasteiger partial charge in [-0.05, 0) is 43.9 Å². The Morgan fingerprint density at radius 1 is 1.47 bits per heavy atom. The van der Waals surface area contributed by atoms with Crippen LogP contribution in [0.3, 0.4) is 0 Å². The third-order valence-corrected chi connectivity index (χ3v) is 3.42. The van der Waals surface area contributed by atoms with Gasteiger partial charge >= 0.3 is 0 Å². The number of nitrogens with two attached hydrogens (primary N) is 1. The Hall–Kier alpha value is -0.740. The van der Waals surface area contributed by atoms with Crippen LogP contribution in [0.2, 0.25) is 0 Å². The first-order chi connectivity index (χ1) is 8.25. The fourth-order valence-electron chi connectivity index (χ4n) is 2.02. The third-order valence-electron chi connectivity index (χ3n) is 2.92. The highest BCUT2D eigenvalue weighted by Crippen LogP contribution is 2.25. The van der Waals surface area contributed by atoms with Crippen molar-refractivity contribution < 1.29 is 9.47 Å². The van der Waals surface area contributed by atoms with E-state index in [0.717, 1.165) is 29.7 Å². The summed E-state index contributed by atoms with van der Waals surface area (Å²) in [7, 11) is 0. The summed E-state index contributed by atoms with van der Waals surface area (Å²) in [5, 5.41) is 0. The number of halogens is 1. The topological polar surface area (TPSA) is 44.5 Å². The van der Waals surface area contributed by atoms with Gasteiger partial charge in [-0.15, -0.1) is 0 Å². The minimum Gasteiger partial charge on any atom is -0.491 e. The maximum absolute atomic E-state index is 5.85. The number of hydrogen-bond donors (Lipinski definition) is 1. The molecule has 1 fully saturated rings. The number of anilines is 1. The van der Waals surface area contributed by atoms with E-state index < -0.39 is 0 Å². The van der Waals surface area contributed by atoms with Crippen LogP contribution in [-0.4, -0.2) is 19.3 Å². The molecule has 0 spiro atoms. The van der Waals surface area contributed by atoms with E-state index in [4.69, 9.17) is 15.2 Å². The second-order valence-corrected chi connectivity index (χ2v) is 5.22. The average Bonchev–Trinajstić information content (AvgIpc) is 2.79. The molecule has 1 atom stereocenters. The van der Waals surface area contributed by atoms with Gasteiger partial charge in [-0.3, -0.25) is 0 Å². The molecule has 1 heterocycles. The van der Waals surface area contributed by atoms with Crippen molar-refractivity contribution in [3.05, 3.63) is 22.7 Å². The molecule has 94 valence electrons. The van der Waals surface area contributed by atoms with Crippen LogP contribution in [0.5, 0.6) is 5.75 Å². The molecule has 17 heavy (non-hydrogen) atoms. The Morgan fingerprint density at radius 3 is 3.06 bits per heavy atom. The Morgan fingerprint density at radius 2 is 2.35 bits per heavy atom. The predicted molar refractivity (Wildman–Crippen MR) is 72.3 cm³/mol. The lowest BCUT2D eigenvalue weighted by atomic mass is 10.1. The summed E-state index contributed by atoms with van der Waals surface area (Å²) >= 11 is 3.37. The third kappa shape index (κ3) is 3.89. The van der Waals surface area contributed by atoms with E-state index in [1.165, 1.54) is 12.8 Å². The summed E-state index contributed by atoms with van der Waals surface area (Å²) in [4.78, 5) is 0. The SMILES string of the molecule is Nc1cc(Br)ccc1OCCCC1CCCO1. The van der Waals surface area contributed by atoms with Gasteiger partial charge in [-0.1, -0.05) is 15.9 Å². The molecule has 0 saturated carbocycles. The molecule has 1 unspecified atom stereocenters. The molecule has 2 N–H and O–H groups in total. The van der Waals surface area contributed by atoms with Gasteiger partial charge < -0.3 is 15.2 Å². The number of rotatable bonds is 5. The highest BCUT2D eigenvalue weighted by molar-refractivity contribution is 9.10. The number of benzene rings is 1. The summed E-state index contributed by atoms with van der Waals surface area (Å²) in [5.41, 5.74) is 6.52. The van der Waals surface area contributed by atoms with E-state index in [9.17, 15) is 0 Å². The zero-order chi connectivity index (χ0) is 12.1. The average molecular weight is 300 g/mol. The van der Waals surface area contributed by atoms with Crippen molar-refractivity contribution in [2.24, 2.45) is 0 Å². The van der Waals surface area contributed by atoms with Crippen LogP contribution in [0, 0.1) is 0 Å². The van der Waals surface area contributed by atoms with E-state index in [-0.39, 0.29) is 0 Å². The van der Waals surface area contributed by atoms with Crippen molar-refractivity contribution in [2.75, 3.05) is 18.9 Å². The van der Waals surface area contributed by atoms with Gasteiger partial charge in [0.2, 0.25) is 0 Å². The number of hydrogen-bond acceptors (Lipinski definition) is 3. The van der Waals surface area contributed by atoms with Crippen LogP contribution < -0.4 is 10.5 Å². The Bertz CT molecular complexity index is 364. The van der Waals surface area contributed by atoms with E-state index in [1.54, 1.807) is 0 Å². The van der Waals surface area contributed by atoms with E-state index in [1.807, 2.05) is 18.2 Å². The molecular weight excluding hydrogens is 282 g/mol. The maximum atomic E-state index is 5.85. The molecule has 1 aromatic carbocycles. The molecule has 1 saturated heterocycles. The first-order valence-electron chi connectivity index (χ1n) is 6.05. The number of nitrogen functional groups attached to an aromatic ring is 1. The lowest BCUT2D eigenvalue weighted by molar-refractivity contribution is 0.0982. The van der Waals surface area contributed by atoms with E-state index in [0.29, 0.717) is 18.4 Å². The van der Waals surface area contributed by atoms with Gasteiger partial charge in [0.1, 0.15) is 5.75 Å². The highest BCUT2D eigenvalue weighted by atomic mass is 79.9. The van der Waals surface area contributed by atoms with Crippen molar-refractivity contribution in [1.29, 1.82) is 0 Å². The first kappa shape index (κ1) is 12.7. The summed E-state index contributed by atoms with van der Waals surface area (Å²) in [6, 6.07) is 5.69. The van der Waals surface area contributed by atoms with Crippen LogP contribution in [0.25, 0.3) is 0 Å². The van der Waals surface area contributed by atoms with Crippen molar-refractivity contribution in [3.63, 3.8) is 0 Å². The molecular formula is C13H18BrNO2. The van der Waals surface area contributed by atoms with Crippen LogP contribution in [-0.2, 0) is 4.74 Å². The van der Waals surface area contributed by atoms with E-state index >= 15 is 0 Å². The van der Waals surface area contributed by atoms with Gasteiger partial charge in [0, 0.05) is 11.1 Å². The molecule has 1 aromatic rings. The summed E-state index contributed by atoms with van der Waals surface area (Å²) < 4.78 is 12.2. The monoisotopic (exact) mass is 299 g/mol. The molecule has 1 aliphatic rings. The highest BCUT2D eigenvalue weighted by Gasteiger charge is 2.14. The van der Waals surface area contributed by atoms with Gasteiger partial charge in [-0.25, -0.2) is 0 Å². The van der Waals surface area contributed by atoms with Crippen molar-refractivity contribution in [2.45, 2.75) is 31.8 Å². The first-order valence-corrected chi connectivity index (χ1v) is 6.84. The van der Waals surface area contributed by atoms with Crippen molar-refractivity contribution in [3.8, 4) is 5.75 Å². The molecule has 2 rings (SSSR count). The van der Waals surface area contributed by atoms with Gasteiger partial charge in [0.25, 0.3) is 0 Å². The largest absolute Gasteiger partial charge is 0.491 e. The van der Waals surface area contributed by atoms with Gasteiger partial charge in [0.15, 0.2) is 0 Å². The molecule has 0 radical (unpaired) electrons. The lowest BCUT2D eigenvalue weighted by Gasteiger charge is -2.11. The Balaban J connectivity index is 1.70. The molecule has 0 bridgehead atoms. The van der Waals surface area contributed by atoms with Crippen LogP contribution >= 0.6 is 15.9 Å². The zero-order valence-corrected chi connectivity index (χ0v) is 11.4. The van der Waals surface area contributed by atoms with Crippen molar-refractivity contribution in [1.82, 2.24) is 0 Å². The van der Waals surface area contributed by atoms with E-state index in [2.05, 4.69) is 15.9 Å². The maximum Gasteiger partial charge on any atom is 0.142 e. The molecule has 0 aliphatic carbocycles. The summed E-state index contributed by atoms with van der Waals surface area (Å²) in [6.07, 6.45) is 4.93.